The number of nitrogens with zero attached hydrogens (tertiary/aromatic N) is 3. The van der Waals surface area contributed by atoms with Gasteiger partial charge in [0.1, 0.15) is 5.58 Å². The Balaban J connectivity index is 0.944. The highest BCUT2D eigenvalue weighted by Crippen LogP contribution is 2.44. The van der Waals surface area contributed by atoms with Gasteiger partial charge in [0.05, 0.1) is 27.8 Å². The minimum Gasteiger partial charge on any atom is -0.454 e. The van der Waals surface area contributed by atoms with Crippen molar-refractivity contribution in [1.82, 2.24) is 9.13 Å². The van der Waals surface area contributed by atoms with Crippen LogP contribution < -0.4 is 4.90 Å². The summed E-state index contributed by atoms with van der Waals surface area (Å²) in [6.07, 6.45) is 0. The normalized spacial score (nSPS) is 11.9. The second-order valence-electron chi connectivity index (χ2n) is 16.1. The van der Waals surface area contributed by atoms with E-state index in [4.69, 9.17) is 4.42 Å². The maximum Gasteiger partial charge on any atom is 0.159 e. The zero-order chi connectivity index (χ0) is 40.7. The Morgan fingerprint density at radius 2 is 0.839 bits per heavy atom. The fraction of sp³-hybridized carbons (Fsp3) is 0. The number of aromatic nitrogens is 2. The molecule has 0 radical (unpaired) electrons. The smallest absolute Gasteiger partial charge is 0.159 e. The number of benzene rings is 10. The highest BCUT2D eigenvalue weighted by molar-refractivity contribution is 6.12. The van der Waals surface area contributed by atoms with Gasteiger partial charge in [-0.3, -0.25) is 0 Å². The number of hydrogen-bond donors (Lipinski definition) is 0. The van der Waals surface area contributed by atoms with Crippen LogP contribution in [0.25, 0.3) is 98.8 Å². The van der Waals surface area contributed by atoms with Gasteiger partial charge in [-0.1, -0.05) is 133 Å². The van der Waals surface area contributed by atoms with E-state index in [0.717, 1.165) is 55.8 Å². The maximum atomic E-state index is 6.68. The first-order valence-corrected chi connectivity index (χ1v) is 21.2. The molecule has 13 aromatic rings. The highest BCUT2D eigenvalue weighted by atomic mass is 16.3. The Labute approximate surface area is 357 Å². The molecule has 62 heavy (non-hydrogen) atoms. The first-order chi connectivity index (χ1) is 30.7. The Hall–Kier alpha value is -8.34. The van der Waals surface area contributed by atoms with Gasteiger partial charge >= 0.3 is 0 Å². The molecule has 3 heterocycles. The van der Waals surface area contributed by atoms with Gasteiger partial charge in [0.25, 0.3) is 0 Å². The second kappa shape index (κ2) is 13.6. The SMILES string of the molecule is c1ccc(-n2c3ccccc3c3ccc(-c4ccc5cc(N(c6ccc(-n7c8ccccc8c8ccccc87)cc6)c6cccc7c6oc6ccccc67)ccc5c4)cc32)cc1. The first kappa shape index (κ1) is 34.5. The third-order valence-electron chi connectivity index (χ3n) is 12.7. The summed E-state index contributed by atoms with van der Waals surface area (Å²) < 4.78 is 11.4. The zero-order valence-electron chi connectivity index (χ0n) is 33.6. The summed E-state index contributed by atoms with van der Waals surface area (Å²) in [6, 6.07) is 80.9. The van der Waals surface area contributed by atoms with Crippen molar-refractivity contribution >= 4 is 93.4 Å². The Bertz CT molecular complexity index is 3820. The third-order valence-corrected chi connectivity index (χ3v) is 12.7. The lowest BCUT2D eigenvalue weighted by Gasteiger charge is -2.26. The minimum absolute atomic E-state index is 0.860. The Morgan fingerprint density at radius 1 is 0.323 bits per heavy atom. The summed E-state index contributed by atoms with van der Waals surface area (Å²) in [5, 5.41) is 9.56. The first-order valence-electron chi connectivity index (χ1n) is 21.2. The summed E-state index contributed by atoms with van der Waals surface area (Å²) >= 11 is 0. The molecule has 0 amide bonds. The fourth-order valence-electron chi connectivity index (χ4n) is 9.84. The van der Waals surface area contributed by atoms with E-state index in [2.05, 4.69) is 232 Å². The molecule has 4 heteroatoms. The van der Waals surface area contributed by atoms with Crippen LogP contribution in [0.1, 0.15) is 0 Å². The quantitative estimate of drug-likeness (QED) is 0.168. The topological polar surface area (TPSA) is 26.2 Å². The van der Waals surface area contributed by atoms with Crippen LogP contribution in [-0.4, -0.2) is 9.13 Å². The van der Waals surface area contributed by atoms with Crippen LogP contribution in [0.2, 0.25) is 0 Å². The van der Waals surface area contributed by atoms with Crippen LogP contribution in [0.5, 0.6) is 0 Å². The Kier molecular flexibility index (Phi) is 7.57. The molecule has 13 rings (SSSR count). The van der Waals surface area contributed by atoms with Gasteiger partial charge in [-0.25, -0.2) is 0 Å². The predicted octanol–water partition coefficient (Wildman–Crippen LogP) is 16.1. The van der Waals surface area contributed by atoms with Crippen LogP contribution in [0, 0.1) is 0 Å². The van der Waals surface area contributed by atoms with Crippen LogP contribution in [0.4, 0.5) is 17.1 Å². The molecule has 0 N–H and O–H groups in total. The van der Waals surface area contributed by atoms with E-state index in [9.17, 15) is 0 Å². The van der Waals surface area contributed by atoms with Gasteiger partial charge < -0.3 is 18.5 Å². The number of hydrogen-bond acceptors (Lipinski definition) is 2. The number of anilines is 3. The summed E-state index contributed by atoms with van der Waals surface area (Å²) in [5.41, 5.74) is 14.3. The van der Waals surface area contributed by atoms with E-state index in [1.165, 1.54) is 60.1 Å². The van der Waals surface area contributed by atoms with Crippen LogP contribution >= 0.6 is 0 Å². The van der Waals surface area contributed by atoms with E-state index in [0.29, 0.717) is 0 Å². The molecule has 0 fully saturated rings. The molecule has 0 saturated carbocycles. The standard InChI is InChI=1S/C58H37N3O/c1-2-13-42(14-3-1)61-54-22-10-6-17-48(54)49-34-28-41(37-56(49)61)38-25-26-40-36-45(29-27-39(40)35-38)59(55-23-12-19-51-50-18-7-11-24-57(50)62-58(51)55)43-30-32-44(33-31-43)60-52-20-8-4-15-46(52)47-16-5-9-21-53(47)60/h1-37H. The molecule has 290 valence electrons. The monoisotopic (exact) mass is 791 g/mol. The second-order valence-corrected chi connectivity index (χ2v) is 16.1. The minimum atomic E-state index is 0.860. The van der Waals surface area contributed by atoms with Crippen molar-refractivity contribution in [3.05, 3.63) is 224 Å². The molecule has 0 aliphatic rings. The van der Waals surface area contributed by atoms with Gasteiger partial charge in [0, 0.05) is 55.1 Å². The van der Waals surface area contributed by atoms with Crippen molar-refractivity contribution in [2.24, 2.45) is 0 Å². The van der Waals surface area contributed by atoms with E-state index >= 15 is 0 Å². The van der Waals surface area contributed by atoms with Crippen molar-refractivity contribution in [1.29, 1.82) is 0 Å². The van der Waals surface area contributed by atoms with Crippen LogP contribution in [-0.2, 0) is 0 Å². The third kappa shape index (κ3) is 5.27. The molecule has 3 aromatic heterocycles. The molecule has 0 aliphatic heterocycles. The molecular weight excluding hydrogens is 755 g/mol. The van der Waals surface area contributed by atoms with Crippen LogP contribution in [0.15, 0.2) is 229 Å². The number of para-hydroxylation sites is 6. The van der Waals surface area contributed by atoms with E-state index in [1.807, 2.05) is 6.07 Å². The number of fused-ring (bicyclic) bond motifs is 10. The van der Waals surface area contributed by atoms with E-state index in [1.54, 1.807) is 0 Å². The van der Waals surface area contributed by atoms with Crippen molar-refractivity contribution < 1.29 is 4.42 Å². The fourth-order valence-corrected chi connectivity index (χ4v) is 9.84. The summed E-state index contributed by atoms with van der Waals surface area (Å²) in [6.45, 7) is 0. The molecular formula is C58H37N3O. The van der Waals surface area contributed by atoms with Crippen molar-refractivity contribution in [2.75, 3.05) is 4.90 Å². The lowest BCUT2D eigenvalue weighted by Crippen LogP contribution is -2.10. The number of furan rings is 1. The molecule has 0 aliphatic carbocycles. The lowest BCUT2D eigenvalue weighted by atomic mass is 9.99. The van der Waals surface area contributed by atoms with Crippen molar-refractivity contribution in [3.8, 4) is 22.5 Å². The van der Waals surface area contributed by atoms with Gasteiger partial charge in [0.15, 0.2) is 5.58 Å². The van der Waals surface area contributed by atoms with Crippen molar-refractivity contribution in [3.63, 3.8) is 0 Å². The number of rotatable bonds is 6. The molecule has 4 nitrogen and oxygen atoms in total. The molecule has 0 bridgehead atoms. The van der Waals surface area contributed by atoms with E-state index < -0.39 is 0 Å². The molecule has 0 atom stereocenters. The van der Waals surface area contributed by atoms with Gasteiger partial charge in [-0.05, 0) is 113 Å². The summed E-state index contributed by atoms with van der Waals surface area (Å²) in [5.74, 6) is 0. The van der Waals surface area contributed by atoms with Gasteiger partial charge in [-0.15, -0.1) is 0 Å². The predicted molar refractivity (Wildman–Crippen MR) is 260 cm³/mol. The summed E-state index contributed by atoms with van der Waals surface area (Å²) in [4.78, 5) is 2.34. The molecule has 0 spiro atoms. The molecule has 0 saturated heterocycles. The average Bonchev–Trinajstić information content (AvgIpc) is 4.00. The lowest BCUT2D eigenvalue weighted by molar-refractivity contribution is 0.669. The van der Waals surface area contributed by atoms with Crippen LogP contribution in [0.3, 0.4) is 0 Å². The zero-order valence-corrected chi connectivity index (χ0v) is 33.6. The molecule has 10 aromatic carbocycles. The average molecular weight is 792 g/mol. The largest absolute Gasteiger partial charge is 0.454 e. The van der Waals surface area contributed by atoms with Crippen molar-refractivity contribution in [2.45, 2.75) is 0 Å². The Morgan fingerprint density at radius 3 is 1.56 bits per heavy atom. The summed E-state index contributed by atoms with van der Waals surface area (Å²) in [7, 11) is 0. The van der Waals surface area contributed by atoms with Gasteiger partial charge in [0.2, 0.25) is 0 Å². The molecule has 0 unspecified atom stereocenters. The highest BCUT2D eigenvalue weighted by Gasteiger charge is 2.21. The van der Waals surface area contributed by atoms with Gasteiger partial charge in [-0.2, -0.15) is 0 Å². The van der Waals surface area contributed by atoms with E-state index in [-0.39, 0.29) is 0 Å². The maximum absolute atomic E-state index is 6.68.